The van der Waals surface area contributed by atoms with Crippen LogP contribution < -0.4 is 0 Å². The third-order valence-electron chi connectivity index (χ3n) is 3.62. The Labute approximate surface area is 131 Å². The van der Waals surface area contributed by atoms with Gasteiger partial charge in [-0.05, 0) is 0 Å². The summed E-state index contributed by atoms with van der Waals surface area (Å²) in [6.07, 6.45) is 7.81. The van der Waals surface area contributed by atoms with Crippen LogP contribution in [0.5, 0.6) is 0 Å². The van der Waals surface area contributed by atoms with Gasteiger partial charge in [0.15, 0.2) is 0 Å². The zero-order chi connectivity index (χ0) is 15.3. The molecule has 0 radical (unpaired) electrons. The van der Waals surface area contributed by atoms with Crippen LogP contribution in [-0.4, -0.2) is 25.5 Å². The number of rotatable bonds is 14. The van der Waals surface area contributed by atoms with E-state index in [0.717, 1.165) is 76.9 Å². The first-order valence-corrected chi connectivity index (χ1v) is 11.9. The molecule has 0 N–H and O–H groups in total. The molecule has 0 spiro atoms. The first-order chi connectivity index (χ1) is 9.54. The van der Waals surface area contributed by atoms with Gasteiger partial charge in [0, 0.05) is 0 Å². The van der Waals surface area contributed by atoms with E-state index in [4.69, 9.17) is 20.3 Å². The molecule has 0 rings (SSSR count). The molecule has 0 aromatic rings. The van der Waals surface area contributed by atoms with Crippen LogP contribution in [0.1, 0.15) is 79.1 Å². The fourth-order valence-corrected chi connectivity index (χ4v) is 6.99. The third kappa shape index (κ3) is 8.17. The van der Waals surface area contributed by atoms with Gasteiger partial charge in [0.25, 0.3) is 0 Å². The molecule has 0 aliphatic rings. The molecular weight excluding hydrogens is 291 g/mol. The average molecular weight is 327 g/mol. The van der Waals surface area contributed by atoms with Crippen LogP contribution in [0.4, 0.5) is 0 Å². The summed E-state index contributed by atoms with van der Waals surface area (Å²) >= 11 is 7.11. The number of unbranched alkanes of at least 4 members (excludes halogenated alkanes) is 4. The van der Waals surface area contributed by atoms with Gasteiger partial charge in [-0.3, -0.25) is 0 Å². The summed E-state index contributed by atoms with van der Waals surface area (Å²) in [6, 6.07) is 0. The van der Waals surface area contributed by atoms with Gasteiger partial charge in [-0.2, -0.15) is 0 Å². The molecule has 0 aliphatic carbocycles. The Morgan fingerprint density at radius 1 is 0.650 bits per heavy atom. The minimum atomic E-state index is -2.92. The van der Waals surface area contributed by atoms with Gasteiger partial charge >= 0.3 is 131 Å². The molecule has 0 atom stereocenters. The van der Waals surface area contributed by atoms with Crippen molar-refractivity contribution in [1.82, 2.24) is 0 Å². The maximum atomic E-state index is 7.11. The van der Waals surface area contributed by atoms with Gasteiger partial charge in [-0.15, -0.1) is 0 Å². The molecule has 4 heteroatoms. The number of hydrogen-bond donors (Lipinski definition) is 0. The van der Waals surface area contributed by atoms with Crippen LogP contribution >= 0.6 is 17.7 Å². The molecule has 0 fully saturated rings. The van der Waals surface area contributed by atoms with Crippen molar-refractivity contribution in [1.29, 1.82) is 0 Å². The van der Waals surface area contributed by atoms with Gasteiger partial charge in [-0.25, -0.2) is 0 Å². The summed E-state index contributed by atoms with van der Waals surface area (Å²) in [5.41, 5.74) is 0. The van der Waals surface area contributed by atoms with E-state index in [2.05, 4.69) is 27.7 Å². The molecule has 2 nitrogen and oxygen atoms in total. The second kappa shape index (κ2) is 11.2. The Kier molecular flexibility index (Phi) is 11.6. The van der Waals surface area contributed by atoms with Crippen LogP contribution in [0, 0.1) is 0 Å². The molecule has 0 unspecified atom stereocenters. The Hall–Kier alpha value is 0.640. The van der Waals surface area contributed by atoms with Crippen LogP contribution in [0.2, 0.25) is 0 Å². The van der Waals surface area contributed by atoms with Crippen molar-refractivity contribution < 1.29 is 9.05 Å². The summed E-state index contributed by atoms with van der Waals surface area (Å²) in [7, 11) is 0. The average Bonchev–Trinajstić information content (AvgIpc) is 2.44. The standard InChI is InChI=1S/C16H36ClO2P/c1-5-9-13-18-20(17,15-11-7-3,16-12-8-4)19-14-10-6-2/h5-16H2,1-4H3. The molecule has 20 heavy (non-hydrogen) atoms. The Morgan fingerprint density at radius 3 is 1.30 bits per heavy atom. The fourth-order valence-electron chi connectivity index (χ4n) is 2.14. The first-order valence-electron chi connectivity index (χ1n) is 8.57. The molecule has 0 amide bonds. The summed E-state index contributed by atoms with van der Waals surface area (Å²) in [4.78, 5) is 0. The Morgan fingerprint density at radius 2 is 1.00 bits per heavy atom. The summed E-state index contributed by atoms with van der Waals surface area (Å²) in [5.74, 6) is 0. The van der Waals surface area contributed by atoms with E-state index in [1.165, 1.54) is 0 Å². The fraction of sp³-hybridized carbons (Fsp3) is 1.00. The van der Waals surface area contributed by atoms with Crippen molar-refractivity contribution in [3.05, 3.63) is 0 Å². The van der Waals surface area contributed by atoms with Crippen molar-refractivity contribution in [3.63, 3.8) is 0 Å². The maximum absolute atomic E-state index is 7.11. The molecule has 0 aromatic heterocycles. The van der Waals surface area contributed by atoms with Crippen LogP contribution in [0.15, 0.2) is 0 Å². The Bertz CT molecular complexity index is 215. The van der Waals surface area contributed by atoms with E-state index in [1.54, 1.807) is 0 Å². The van der Waals surface area contributed by atoms with Crippen LogP contribution in [0.25, 0.3) is 0 Å². The van der Waals surface area contributed by atoms with E-state index in [9.17, 15) is 0 Å². The van der Waals surface area contributed by atoms with E-state index >= 15 is 0 Å². The van der Waals surface area contributed by atoms with E-state index in [1.807, 2.05) is 0 Å². The Balaban J connectivity index is 4.83. The molecular formula is C16H36ClO2P. The normalized spacial score (nSPS) is 14.2. The van der Waals surface area contributed by atoms with Crippen molar-refractivity contribution in [2.24, 2.45) is 0 Å². The zero-order valence-electron chi connectivity index (χ0n) is 14.1. The molecule has 0 saturated carbocycles. The van der Waals surface area contributed by atoms with Gasteiger partial charge in [0.2, 0.25) is 0 Å². The predicted molar refractivity (Wildman–Crippen MR) is 94.0 cm³/mol. The second-order valence-electron chi connectivity index (χ2n) is 5.72. The first kappa shape index (κ1) is 20.6. The van der Waals surface area contributed by atoms with Crippen molar-refractivity contribution in [2.45, 2.75) is 79.1 Å². The van der Waals surface area contributed by atoms with Crippen molar-refractivity contribution >= 4 is 17.7 Å². The van der Waals surface area contributed by atoms with Crippen LogP contribution in [-0.2, 0) is 9.05 Å². The summed E-state index contributed by atoms with van der Waals surface area (Å²) in [6.45, 7) is 10.3. The molecule has 0 saturated heterocycles. The SMILES string of the molecule is CCCCOP(Cl)(CCCC)(CCCC)OCCCC. The van der Waals surface area contributed by atoms with E-state index in [0.29, 0.717) is 0 Å². The predicted octanol–water partition coefficient (Wildman–Crippen LogP) is 6.76. The topological polar surface area (TPSA) is 18.5 Å². The zero-order valence-corrected chi connectivity index (χ0v) is 15.8. The van der Waals surface area contributed by atoms with Gasteiger partial charge in [0.05, 0.1) is 0 Å². The van der Waals surface area contributed by atoms with Gasteiger partial charge < -0.3 is 0 Å². The summed E-state index contributed by atoms with van der Waals surface area (Å²) in [5, 5.41) is 0. The molecule has 124 valence electrons. The van der Waals surface area contributed by atoms with E-state index < -0.39 is 6.41 Å². The molecule has 0 heterocycles. The van der Waals surface area contributed by atoms with Crippen molar-refractivity contribution in [3.8, 4) is 0 Å². The van der Waals surface area contributed by atoms with Crippen molar-refractivity contribution in [2.75, 3.05) is 25.5 Å². The quantitative estimate of drug-likeness (QED) is 0.259. The second-order valence-corrected chi connectivity index (χ2v) is 11.8. The van der Waals surface area contributed by atoms with Gasteiger partial charge in [0.1, 0.15) is 0 Å². The number of halogens is 1. The summed E-state index contributed by atoms with van der Waals surface area (Å²) < 4.78 is 12.6. The monoisotopic (exact) mass is 326 g/mol. The third-order valence-corrected chi connectivity index (χ3v) is 9.05. The number of hydrogen-bond acceptors (Lipinski definition) is 2. The molecule has 0 aromatic carbocycles. The van der Waals surface area contributed by atoms with Crippen LogP contribution in [0.3, 0.4) is 0 Å². The minimum absolute atomic E-state index is 0.747. The molecule has 0 bridgehead atoms. The molecule has 0 aliphatic heterocycles. The van der Waals surface area contributed by atoms with E-state index in [-0.39, 0.29) is 0 Å². The van der Waals surface area contributed by atoms with Gasteiger partial charge in [-0.1, -0.05) is 0 Å².